The van der Waals surface area contributed by atoms with Crippen LogP contribution in [0.25, 0.3) is 0 Å². The molecule has 35 heavy (non-hydrogen) atoms. The van der Waals surface area contributed by atoms with E-state index in [0.29, 0.717) is 0 Å². The fourth-order valence-electron chi connectivity index (χ4n) is 4.62. The van der Waals surface area contributed by atoms with Gasteiger partial charge >= 0.3 is 212 Å². The number of unbranched alkanes of at least 4 members (excludes halogenated alkanes) is 4. The molecule has 0 saturated heterocycles. The molecule has 0 saturated carbocycles. The first-order valence-electron chi connectivity index (χ1n) is 12.9. The van der Waals surface area contributed by atoms with E-state index in [9.17, 15) is 18.0 Å². The van der Waals surface area contributed by atoms with Crippen LogP contribution in [0.4, 0.5) is 0 Å². The Labute approximate surface area is 212 Å². The van der Waals surface area contributed by atoms with E-state index in [0.717, 1.165) is 76.0 Å². The number of carbonyl (C=O) groups excluding carboxylic acids is 2. The van der Waals surface area contributed by atoms with Crippen LogP contribution in [0.2, 0.25) is 0 Å². The van der Waals surface area contributed by atoms with Crippen LogP contribution < -0.4 is 0 Å². The molecule has 0 heterocycles. The maximum atomic E-state index is 14.1. The van der Waals surface area contributed by atoms with Crippen molar-refractivity contribution in [2.45, 2.75) is 84.0 Å². The third-order valence-corrected chi connectivity index (χ3v) is 15.8. The number of ether oxygens (including phenoxy) is 2. The van der Waals surface area contributed by atoms with Gasteiger partial charge in [-0.2, -0.15) is 0 Å². The molecule has 1 rings (SSSR count). The third kappa shape index (κ3) is 8.26. The second-order valence-electron chi connectivity index (χ2n) is 9.39. The fraction of sp³-hybridized carbons (Fsp3) is 0.692. The van der Waals surface area contributed by atoms with E-state index >= 15 is 0 Å². The summed E-state index contributed by atoms with van der Waals surface area (Å²) >= 11 is 0. The molecule has 0 aliphatic heterocycles. The molecule has 0 radical (unpaired) electrons. The van der Waals surface area contributed by atoms with Crippen molar-refractivity contribution in [2.24, 2.45) is 0 Å². The molecule has 0 aliphatic rings. The minimum atomic E-state index is -4.40. The molecule has 1 aromatic rings. The Morgan fingerprint density at radius 3 is 1.54 bits per heavy atom. The van der Waals surface area contributed by atoms with Gasteiger partial charge in [-0.05, 0) is 0 Å². The van der Waals surface area contributed by atoms with Gasteiger partial charge in [0.15, 0.2) is 0 Å². The van der Waals surface area contributed by atoms with Gasteiger partial charge < -0.3 is 0 Å². The topological polar surface area (TPSA) is 96.0 Å². The van der Waals surface area contributed by atoms with Gasteiger partial charge in [0.2, 0.25) is 0 Å². The molecular weight excluding hydrogens is 487 g/mol. The molecule has 0 fully saturated rings. The zero-order chi connectivity index (χ0) is 26.6. The Kier molecular flexibility index (Phi) is 12.9. The van der Waals surface area contributed by atoms with Crippen molar-refractivity contribution < 1.29 is 31.5 Å². The summed E-state index contributed by atoms with van der Waals surface area (Å²) in [6.45, 7) is 5.19. The zero-order valence-electron chi connectivity index (χ0n) is 22.4. The molecule has 1 aromatic carbocycles. The number of hydrogen-bond donors (Lipinski definition) is 0. The van der Waals surface area contributed by atoms with E-state index in [2.05, 4.69) is 27.7 Å². The number of esters is 2. The SMILES string of the molecule is CCCCP(CCCC)(CCCC)(CCCC)OS(=O)(=O)c1cc(C(=O)OC)ccc1C(=O)OC. The minimum absolute atomic E-state index is 0.0341. The number of carbonyl (C=O) groups is 2. The van der Waals surface area contributed by atoms with Gasteiger partial charge in [-0.25, -0.2) is 0 Å². The van der Waals surface area contributed by atoms with Crippen molar-refractivity contribution in [1.82, 2.24) is 0 Å². The number of benzene rings is 1. The van der Waals surface area contributed by atoms with Crippen LogP contribution in [0.15, 0.2) is 23.1 Å². The predicted molar refractivity (Wildman–Crippen MR) is 143 cm³/mol. The van der Waals surface area contributed by atoms with Gasteiger partial charge in [0.25, 0.3) is 0 Å². The van der Waals surface area contributed by atoms with Gasteiger partial charge in [0, 0.05) is 0 Å². The van der Waals surface area contributed by atoms with E-state index < -0.39 is 28.9 Å². The maximum absolute atomic E-state index is 14.1. The predicted octanol–water partition coefficient (Wildman–Crippen LogP) is 6.63. The van der Waals surface area contributed by atoms with Crippen molar-refractivity contribution in [3.63, 3.8) is 0 Å². The summed E-state index contributed by atoms with van der Waals surface area (Å²) in [4.78, 5) is 24.4. The zero-order valence-corrected chi connectivity index (χ0v) is 24.1. The summed E-state index contributed by atoms with van der Waals surface area (Å²) in [7, 11) is -1.98. The van der Waals surface area contributed by atoms with Crippen molar-refractivity contribution in [3.8, 4) is 0 Å². The average molecular weight is 533 g/mol. The summed E-state index contributed by atoms with van der Waals surface area (Å²) < 4.78 is 44.3. The molecule has 7 nitrogen and oxygen atoms in total. The summed E-state index contributed by atoms with van der Waals surface area (Å²) in [5, 5.41) is 0. The van der Waals surface area contributed by atoms with Crippen molar-refractivity contribution in [2.75, 3.05) is 38.9 Å². The van der Waals surface area contributed by atoms with Gasteiger partial charge in [-0.3, -0.25) is 0 Å². The second-order valence-corrected chi connectivity index (χ2v) is 16.8. The first-order chi connectivity index (χ1) is 16.6. The number of methoxy groups -OCH3 is 2. The molecule has 0 bridgehead atoms. The molecule has 0 aliphatic carbocycles. The third-order valence-electron chi connectivity index (χ3n) is 6.70. The van der Waals surface area contributed by atoms with Crippen LogP contribution in [-0.4, -0.2) is 59.2 Å². The molecule has 202 valence electrons. The Balaban J connectivity index is 3.84. The number of hydrogen-bond acceptors (Lipinski definition) is 7. The molecule has 0 amide bonds. The molecular formula is C26H45O7PS. The summed E-state index contributed by atoms with van der Waals surface area (Å²) in [6.07, 6.45) is 10.3. The summed E-state index contributed by atoms with van der Waals surface area (Å²) in [5.74, 6) is -1.49. The molecule has 0 unspecified atom stereocenters. The molecule has 9 heteroatoms. The van der Waals surface area contributed by atoms with Crippen molar-refractivity contribution in [3.05, 3.63) is 29.3 Å². The fourth-order valence-corrected chi connectivity index (χ4v) is 14.9. The summed E-state index contributed by atoms with van der Waals surface area (Å²) in [6, 6.07) is 3.83. The molecule has 0 atom stereocenters. The van der Waals surface area contributed by atoms with Crippen LogP contribution in [0.3, 0.4) is 0 Å². The van der Waals surface area contributed by atoms with Crippen LogP contribution in [0, 0.1) is 0 Å². The number of rotatable bonds is 17. The van der Waals surface area contributed by atoms with E-state index in [1.807, 2.05) is 0 Å². The normalized spacial score (nSPS) is 13.1. The second kappa shape index (κ2) is 14.3. The van der Waals surface area contributed by atoms with Crippen LogP contribution in [-0.2, 0) is 23.6 Å². The van der Waals surface area contributed by atoms with Gasteiger partial charge in [0.05, 0.1) is 0 Å². The van der Waals surface area contributed by atoms with Crippen LogP contribution in [0.5, 0.6) is 0 Å². The van der Waals surface area contributed by atoms with Crippen molar-refractivity contribution >= 4 is 28.9 Å². The van der Waals surface area contributed by atoms with Gasteiger partial charge in [0.1, 0.15) is 0 Å². The molecule has 0 N–H and O–H groups in total. The Morgan fingerprint density at radius 2 is 1.17 bits per heavy atom. The van der Waals surface area contributed by atoms with Gasteiger partial charge in [-0.1, -0.05) is 0 Å². The Morgan fingerprint density at radius 1 is 0.743 bits per heavy atom. The van der Waals surface area contributed by atoms with E-state index in [-0.39, 0.29) is 16.0 Å². The van der Waals surface area contributed by atoms with Gasteiger partial charge in [-0.15, -0.1) is 0 Å². The monoisotopic (exact) mass is 532 g/mol. The van der Waals surface area contributed by atoms with E-state index in [4.69, 9.17) is 13.4 Å². The van der Waals surface area contributed by atoms with Crippen molar-refractivity contribution in [1.29, 1.82) is 0 Å². The molecule has 0 aromatic heterocycles. The first-order valence-corrected chi connectivity index (χ1v) is 17.2. The van der Waals surface area contributed by atoms with Crippen LogP contribution >= 0.6 is 6.83 Å². The Hall–Kier alpha value is -1.50. The first kappa shape index (κ1) is 31.5. The average Bonchev–Trinajstić information content (AvgIpc) is 2.87. The Bertz CT molecular complexity index is 900. The van der Waals surface area contributed by atoms with Crippen LogP contribution in [0.1, 0.15) is 99.8 Å². The molecule has 0 spiro atoms. The van der Waals surface area contributed by atoms with E-state index in [1.165, 1.54) is 32.4 Å². The van der Waals surface area contributed by atoms with E-state index in [1.54, 1.807) is 0 Å². The summed E-state index contributed by atoms with van der Waals surface area (Å²) in [5.41, 5.74) is -0.111. The standard InChI is InChI=1S/C26H45O7PS/c1-7-11-17-34(18-12-8-2,19-13-9-3,20-14-10-4)33-35(29,30)24-21-22(25(27)31-5)15-16-23(24)26(28)32-6/h15-16,21H,7-14,17-20H2,1-6H3. The quantitative estimate of drug-likeness (QED) is 0.164.